The summed E-state index contributed by atoms with van der Waals surface area (Å²) in [6, 6.07) is 15.0. The molecule has 0 saturated carbocycles. The standard InChI is InChI=1S/C16H10S3/c1-2-4-11(5-3-1)6-7-12-10-14-16(18-12)15-13(19-14)8-9-17-15/h1-10H/b7-6+. The maximum atomic E-state index is 2.30. The highest BCUT2D eigenvalue weighted by molar-refractivity contribution is 7.38. The van der Waals surface area contributed by atoms with Crippen LogP contribution in [0.1, 0.15) is 10.4 Å². The second-order valence-corrected chi connectivity index (χ2v) is 7.39. The fraction of sp³-hybridized carbons (Fsp3) is 0. The number of rotatable bonds is 2. The minimum atomic E-state index is 1.25. The Labute approximate surface area is 123 Å². The molecule has 92 valence electrons. The number of hydrogen-bond donors (Lipinski definition) is 0. The van der Waals surface area contributed by atoms with Crippen molar-refractivity contribution in [2.75, 3.05) is 0 Å². The van der Waals surface area contributed by atoms with Gasteiger partial charge in [0.15, 0.2) is 0 Å². The molecule has 0 aliphatic heterocycles. The molecule has 4 rings (SSSR count). The molecule has 3 heterocycles. The van der Waals surface area contributed by atoms with Gasteiger partial charge in [0.1, 0.15) is 0 Å². The van der Waals surface area contributed by atoms with E-state index in [9.17, 15) is 0 Å². The Morgan fingerprint density at radius 3 is 2.58 bits per heavy atom. The lowest BCUT2D eigenvalue weighted by Gasteiger charge is -1.89. The van der Waals surface area contributed by atoms with Crippen LogP contribution in [0.15, 0.2) is 47.8 Å². The molecule has 3 aromatic heterocycles. The summed E-state index contributed by atoms with van der Waals surface area (Å²) in [7, 11) is 0. The van der Waals surface area contributed by atoms with E-state index < -0.39 is 0 Å². The summed E-state index contributed by atoms with van der Waals surface area (Å²) in [6.07, 6.45) is 4.40. The summed E-state index contributed by atoms with van der Waals surface area (Å²) < 4.78 is 5.73. The summed E-state index contributed by atoms with van der Waals surface area (Å²) in [4.78, 5) is 1.33. The van der Waals surface area contributed by atoms with E-state index in [0.717, 1.165) is 0 Å². The summed E-state index contributed by atoms with van der Waals surface area (Å²) in [6.45, 7) is 0. The topological polar surface area (TPSA) is 0 Å². The van der Waals surface area contributed by atoms with Gasteiger partial charge in [0.2, 0.25) is 0 Å². The fourth-order valence-corrected chi connectivity index (χ4v) is 5.79. The van der Waals surface area contributed by atoms with Crippen molar-refractivity contribution in [2.24, 2.45) is 0 Å². The Morgan fingerprint density at radius 2 is 1.68 bits per heavy atom. The van der Waals surface area contributed by atoms with Crippen molar-refractivity contribution >= 4 is 65.0 Å². The van der Waals surface area contributed by atoms with E-state index in [1.807, 2.05) is 40.1 Å². The molecule has 0 aliphatic carbocycles. The zero-order valence-corrected chi connectivity index (χ0v) is 12.4. The molecule has 0 N–H and O–H groups in total. The fourth-order valence-electron chi connectivity index (χ4n) is 2.11. The zero-order valence-electron chi connectivity index (χ0n) is 10.00. The smallest absolute Gasteiger partial charge is 0.0635 e. The normalized spacial score (nSPS) is 12.0. The van der Waals surface area contributed by atoms with E-state index >= 15 is 0 Å². The van der Waals surface area contributed by atoms with Gasteiger partial charge in [-0.15, -0.1) is 34.0 Å². The third kappa shape index (κ3) is 2.04. The van der Waals surface area contributed by atoms with Gasteiger partial charge in [0, 0.05) is 14.3 Å². The van der Waals surface area contributed by atoms with Crippen LogP contribution in [0.2, 0.25) is 0 Å². The minimum absolute atomic E-state index is 1.25. The number of thiophene rings is 3. The minimum Gasteiger partial charge on any atom is -0.141 e. The maximum absolute atomic E-state index is 2.30. The van der Waals surface area contributed by atoms with E-state index in [1.165, 1.54) is 29.2 Å². The van der Waals surface area contributed by atoms with Crippen molar-refractivity contribution in [3.8, 4) is 0 Å². The SMILES string of the molecule is C(=C\c1cc2sc3ccsc3c2s1)/c1ccccc1. The van der Waals surface area contributed by atoms with Crippen LogP contribution >= 0.6 is 34.0 Å². The van der Waals surface area contributed by atoms with Crippen molar-refractivity contribution in [3.63, 3.8) is 0 Å². The Kier molecular flexibility index (Phi) is 2.76. The lowest BCUT2D eigenvalue weighted by atomic mass is 10.2. The highest BCUT2D eigenvalue weighted by Crippen LogP contribution is 2.42. The highest BCUT2D eigenvalue weighted by atomic mass is 32.1. The van der Waals surface area contributed by atoms with Gasteiger partial charge in [-0.2, -0.15) is 0 Å². The Bertz CT molecular complexity index is 859. The molecule has 0 fully saturated rings. The molecule has 0 spiro atoms. The molecule has 0 amide bonds. The quantitative estimate of drug-likeness (QED) is 0.404. The maximum Gasteiger partial charge on any atom is 0.0635 e. The summed E-state index contributed by atoms with van der Waals surface area (Å²) in [5.74, 6) is 0. The predicted octanol–water partition coefficient (Wildman–Crippen LogP) is 6.35. The zero-order chi connectivity index (χ0) is 12.7. The van der Waals surface area contributed by atoms with Crippen LogP contribution in [0.25, 0.3) is 31.0 Å². The van der Waals surface area contributed by atoms with Gasteiger partial charge in [-0.25, -0.2) is 0 Å². The lowest BCUT2D eigenvalue weighted by Crippen LogP contribution is -1.67. The van der Waals surface area contributed by atoms with Crippen molar-refractivity contribution in [2.45, 2.75) is 0 Å². The first-order valence-electron chi connectivity index (χ1n) is 6.03. The first kappa shape index (κ1) is 11.4. The molecular formula is C16H10S3. The molecular weight excluding hydrogens is 288 g/mol. The monoisotopic (exact) mass is 298 g/mol. The van der Waals surface area contributed by atoms with Crippen molar-refractivity contribution < 1.29 is 0 Å². The van der Waals surface area contributed by atoms with Gasteiger partial charge in [-0.1, -0.05) is 36.4 Å². The van der Waals surface area contributed by atoms with E-state index in [4.69, 9.17) is 0 Å². The molecule has 4 aromatic rings. The Morgan fingerprint density at radius 1 is 0.789 bits per heavy atom. The average Bonchev–Trinajstić information content (AvgIpc) is 3.09. The van der Waals surface area contributed by atoms with Crippen molar-refractivity contribution in [1.82, 2.24) is 0 Å². The predicted molar refractivity (Wildman–Crippen MR) is 90.5 cm³/mol. The number of fused-ring (bicyclic) bond motifs is 3. The third-order valence-corrected chi connectivity index (χ3v) is 6.55. The van der Waals surface area contributed by atoms with Crippen LogP contribution in [-0.4, -0.2) is 0 Å². The first-order chi connectivity index (χ1) is 9.40. The molecule has 0 saturated heterocycles. The molecule has 0 nitrogen and oxygen atoms in total. The average molecular weight is 298 g/mol. The van der Waals surface area contributed by atoms with Crippen molar-refractivity contribution in [3.05, 3.63) is 58.3 Å². The van der Waals surface area contributed by atoms with E-state index in [1.54, 1.807) is 0 Å². The lowest BCUT2D eigenvalue weighted by molar-refractivity contribution is 1.67. The number of hydrogen-bond acceptors (Lipinski definition) is 3. The third-order valence-electron chi connectivity index (χ3n) is 3.01. The second kappa shape index (κ2) is 4.60. The van der Waals surface area contributed by atoms with Crippen LogP contribution in [0, 0.1) is 0 Å². The molecule has 0 unspecified atom stereocenters. The first-order valence-corrected chi connectivity index (χ1v) is 8.54. The van der Waals surface area contributed by atoms with E-state index in [-0.39, 0.29) is 0 Å². The molecule has 1 aromatic carbocycles. The summed E-state index contributed by atoms with van der Waals surface area (Å²) in [5.41, 5.74) is 1.25. The van der Waals surface area contributed by atoms with Crippen LogP contribution in [0.5, 0.6) is 0 Å². The Balaban J connectivity index is 1.75. The van der Waals surface area contributed by atoms with Crippen LogP contribution in [-0.2, 0) is 0 Å². The molecule has 0 radical (unpaired) electrons. The summed E-state index contributed by atoms with van der Waals surface area (Å²) in [5, 5.41) is 2.18. The van der Waals surface area contributed by atoms with E-state index in [0.29, 0.717) is 0 Å². The highest BCUT2D eigenvalue weighted by Gasteiger charge is 2.08. The van der Waals surface area contributed by atoms with Crippen molar-refractivity contribution in [1.29, 1.82) is 0 Å². The molecule has 0 bridgehead atoms. The van der Waals surface area contributed by atoms with Gasteiger partial charge < -0.3 is 0 Å². The second-order valence-electron chi connectivity index (χ2n) is 4.30. The van der Waals surface area contributed by atoms with Crippen LogP contribution in [0.4, 0.5) is 0 Å². The largest absolute Gasteiger partial charge is 0.141 e. The van der Waals surface area contributed by atoms with Crippen LogP contribution < -0.4 is 0 Å². The van der Waals surface area contributed by atoms with E-state index in [2.05, 4.69) is 53.9 Å². The Hall–Kier alpha value is -1.42. The van der Waals surface area contributed by atoms with Gasteiger partial charge in [-0.05, 0) is 29.2 Å². The van der Waals surface area contributed by atoms with Gasteiger partial charge in [-0.3, -0.25) is 0 Å². The van der Waals surface area contributed by atoms with Gasteiger partial charge in [0.05, 0.1) is 9.40 Å². The summed E-state index contributed by atoms with van der Waals surface area (Å²) >= 11 is 5.64. The van der Waals surface area contributed by atoms with Gasteiger partial charge in [0.25, 0.3) is 0 Å². The molecule has 0 aliphatic rings. The molecule has 0 atom stereocenters. The molecule has 3 heteroatoms. The van der Waals surface area contributed by atoms with Crippen LogP contribution in [0.3, 0.4) is 0 Å². The van der Waals surface area contributed by atoms with Gasteiger partial charge >= 0.3 is 0 Å². The number of benzene rings is 1. The molecule has 19 heavy (non-hydrogen) atoms.